The molecule has 2 N–H and O–H groups in total. The zero-order valence-corrected chi connectivity index (χ0v) is 12.1. The minimum absolute atomic E-state index is 0.321. The standard InChI is InChI=1S/C16H16ClF2NO/c17-15-4-2-1-3-14(15)16(21)10-20-6-5-11-7-12(18)9-13(19)8-11/h1-4,7-9,16,20-21H,5-6,10H2. The topological polar surface area (TPSA) is 32.3 Å². The van der Waals surface area contributed by atoms with Crippen molar-refractivity contribution in [2.24, 2.45) is 0 Å². The predicted octanol–water partition coefficient (Wildman–Crippen LogP) is 3.48. The van der Waals surface area contributed by atoms with E-state index in [0.717, 1.165) is 6.07 Å². The van der Waals surface area contributed by atoms with Gasteiger partial charge in [0.1, 0.15) is 11.6 Å². The van der Waals surface area contributed by atoms with Crippen molar-refractivity contribution >= 4 is 11.6 Å². The van der Waals surface area contributed by atoms with E-state index < -0.39 is 17.7 Å². The Balaban J connectivity index is 1.81. The molecule has 0 fully saturated rings. The summed E-state index contributed by atoms with van der Waals surface area (Å²) in [6, 6.07) is 10.5. The molecule has 0 amide bonds. The van der Waals surface area contributed by atoms with Crippen LogP contribution in [0.5, 0.6) is 0 Å². The van der Waals surface area contributed by atoms with Crippen LogP contribution in [0.3, 0.4) is 0 Å². The lowest BCUT2D eigenvalue weighted by Crippen LogP contribution is -2.24. The highest BCUT2D eigenvalue weighted by Crippen LogP contribution is 2.21. The van der Waals surface area contributed by atoms with Crippen molar-refractivity contribution in [2.75, 3.05) is 13.1 Å². The van der Waals surface area contributed by atoms with E-state index in [1.807, 2.05) is 0 Å². The molecule has 0 radical (unpaired) electrons. The van der Waals surface area contributed by atoms with Crippen LogP contribution in [0.2, 0.25) is 5.02 Å². The number of hydrogen-bond acceptors (Lipinski definition) is 2. The van der Waals surface area contributed by atoms with Crippen LogP contribution in [-0.4, -0.2) is 18.2 Å². The average molecular weight is 312 g/mol. The van der Waals surface area contributed by atoms with E-state index in [-0.39, 0.29) is 0 Å². The van der Waals surface area contributed by atoms with Crippen LogP contribution in [0.1, 0.15) is 17.2 Å². The molecule has 0 aromatic heterocycles. The van der Waals surface area contributed by atoms with Gasteiger partial charge < -0.3 is 10.4 Å². The van der Waals surface area contributed by atoms with Gasteiger partial charge in [-0.3, -0.25) is 0 Å². The van der Waals surface area contributed by atoms with Gasteiger partial charge in [-0.05, 0) is 36.7 Å². The van der Waals surface area contributed by atoms with Crippen LogP contribution in [-0.2, 0) is 6.42 Å². The number of nitrogens with one attached hydrogen (secondary N) is 1. The molecular weight excluding hydrogens is 296 g/mol. The lowest BCUT2D eigenvalue weighted by molar-refractivity contribution is 0.175. The van der Waals surface area contributed by atoms with Crippen molar-refractivity contribution in [2.45, 2.75) is 12.5 Å². The molecule has 0 aliphatic rings. The highest BCUT2D eigenvalue weighted by atomic mass is 35.5. The van der Waals surface area contributed by atoms with Gasteiger partial charge in [0, 0.05) is 23.2 Å². The van der Waals surface area contributed by atoms with Gasteiger partial charge in [0.25, 0.3) is 0 Å². The molecule has 0 aliphatic heterocycles. The van der Waals surface area contributed by atoms with E-state index in [1.54, 1.807) is 24.3 Å². The summed E-state index contributed by atoms with van der Waals surface area (Å²) in [5.74, 6) is -1.16. The van der Waals surface area contributed by atoms with Crippen molar-refractivity contribution in [3.05, 3.63) is 70.2 Å². The molecule has 21 heavy (non-hydrogen) atoms. The maximum absolute atomic E-state index is 13.0. The number of benzene rings is 2. The van der Waals surface area contributed by atoms with Crippen LogP contribution >= 0.6 is 11.6 Å². The second kappa shape index (κ2) is 7.50. The van der Waals surface area contributed by atoms with Gasteiger partial charge in [-0.25, -0.2) is 8.78 Å². The molecular formula is C16H16ClF2NO. The normalized spacial score (nSPS) is 12.4. The fourth-order valence-corrected chi connectivity index (χ4v) is 2.34. The Kier molecular flexibility index (Phi) is 5.67. The second-order valence-electron chi connectivity index (χ2n) is 4.77. The van der Waals surface area contributed by atoms with E-state index in [2.05, 4.69) is 5.32 Å². The van der Waals surface area contributed by atoms with Crippen molar-refractivity contribution in [3.63, 3.8) is 0 Å². The first-order chi connectivity index (χ1) is 10.1. The molecule has 1 unspecified atom stereocenters. The highest BCUT2D eigenvalue weighted by molar-refractivity contribution is 6.31. The number of aliphatic hydroxyl groups is 1. The van der Waals surface area contributed by atoms with E-state index in [1.165, 1.54) is 12.1 Å². The summed E-state index contributed by atoms with van der Waals surface area (Å²) < 4.78 is 26.0. The van der Waals surface area contributed by atoms with Gasteiger partial charge in [-0.1, -0.05) is 29.8 Å². The van der Waals surface area contributed by atoms with Gasteiger partial charge in [0.05, 0.1) is 6.10 Å². The number of halogens is 3. The summed E-state index contributed by atoms with van der Waals surface area (Å²) in [5.41, 5.74) is 1.23. The Morgan fingerprint density at radius 3 is 2.43 bits per heavy atom. The minimum atomic E-state index is -0.719. The molecule has 0 bridgehead atoms. The van der Waals surface area contributed by atoms with E-state index in [9.17, 15) is 13.9 Å². The molecule has 2 rings (SSSR count). The highest BCUT2D eigenvalue weighted by Gasteiger charge is 2.10. The SMILES string of the molecule is OC(CNCCc1cc(F)cc(F)c1)c1ccccc1Cl. The first-order valence-corrected chi connectivity index (χ1v) is 7.02. The Hall–Kier alpha value is -1.49. The quantitative estimate of drug-likeness (QED) is 0.801. The van der Waals surface area contributed by atoms with Gasteiger partial charge in [0.15, 0.2) is 0 Å². The summed E-state index contributed by atoms with van der Waals surface area (Å²) in [4.78, 5) is 0. The lowest BCUT2D eigenvalue weighted by Gasteiger charge is -2.13. The van der Waals surface area contributed by atoms with Crippen molar-refractivity contribution in [1.29, 1.82) is 0 Å². The zero-order chi connectivity index (χ0) is 15.2. The first kappa shape index (κ1) is 15.9. The monoisotopic (exact) mass is 311 g/mol. The summed E-state index contributed by atoms with van der Waals surface area (Å²) in [6.45, 7) is 0.825. The molecule has 0 saturated carbocycles. The first-order valence-electron chi connectivity index (χ1n) is 6.64. The van der Waals surface area contributed by atoms with Gasteiger partial charge in [-0.2, -0.15) is 0 Å². The number of rotatable bonds is 6. The van der Waals surface area contributed by atoms with E-state index in [0.29, 0.717) is 35.7 Å². The van der Waals surface area contributed by atoms with Crippen molar-refractivity contribution < 1.29 is 13.9 Å². The average Bonchev–Trinajstić information content (AvgIpc) is 2.43. The molecule has 0 spiro atoms. The molecule has 2 aromatic carbocycles. The minimum Gasteiger partial charge on any atom is -0.387 e. The Morgan fingerprint density at radius 2 is 1.76 bits per heavy atom. The summed E-state index contributed by atoms with van der Waals surface area (Å²) in [6.07, 6.45) is -0.243. The molecule has 0 saturated heterocycles. The predicted molar refractivity (Wildman–Crippen MR) is 79.3 cm³/mol. The maximum Gasteiger partial charge on any atom is 0.126 e. The van der Waals surface area contributed by atoms with Crippen molar-refractivity contribution in [3.8, 4) is 0 Å². The Morgan fingerprint density at radius 1 is 1.10 bits per heavy atom. The van der Waals surface area contributed by atoms with Crippen LogP contribution in [0.25, 0.3) is 0 Å². The third kappa shape index (κ3) is 4.77. The second-order valence-corrected chi connectivity index (χ2v) is 5.18. The molecule has 5 heteroatoms. The van der Waals surface area contributed by atoms with Crippen LogP contribution in [0.4, 0.5) is 8.78 Å². The molecule has 112 valence electrons. The van der Waals surface area contributed by atoms with Gasteiger partial charge in [-0.15, -0.1) is 0 Å². The Bertz CT molecular complexity index is 586. The fourth-order valence-electron chi connectivity index (χ4n) is 2.08. The van der Waals surface area contributed by atoms with Crippen LogP contribution in [0, 0.1) is 11.6 Å². The third-order valence-corrected chi connectivity index (χ3v) is 3.46. The van der Waals surface area contributed by atoms with Crippen molar-refractivity contribution in [1.82, 2.24) is 5.32 Å². The Labute approximate surface area is 127 Å². The largest absolute Gasteiger partial charge is 0.387 e. The summed E-state index contributed by atoms with van der Waals surface area (Å²) in [7, 11) is 0. The van der Waals surface area contributed by atoms with E-state index in [4.69, 9.17) is 11.6 Å². The van der Waals surface area contributed by atoms with E-state index >= 15 is 0 Å². The zero-order valence-electron chi connectivity index (χ0n) is 11.3. The smallest absolute Gasteiger partial charge is 0.126 e. The number of hydrogen-bond donors (Lipinski definition) is 2. The lowest BCUT2D eigenvalue weighted by atomic mass is 10.1. The van der Waals surface area contributed by atoms with Crippen LogP contribution in [0.15, 0.2) is 42.5 Å². The number of aliphatic hydroxyl groups excluding tert-OH is 1. The van der Waals surface area contributed by atoms with Crippen LogP contribution < -0.4 is 5.32 Å². The van der Waals surface area contributed by atoms with Gasteiger partial charge in [0.2, 0.25) is 0 Å². The summed E-state index contributed by atoms with van der Waals surface area (Å²) in [5, 5.41) is 13.6. The fraction of sp³-hybridized carbons (Fsp3) is 0.250. The molecule has 0 aliphatic carbocycles. The maximum atomic E-state index is 13.0. The molecule has 0 heterocycles. The van der Waals surface area contributed by atoms with Gasteiger partial charge >= 0.3 is 0 Å². The molecule has 2 nitrogen and oxygen atoms in total. The third-order valence-electron chi connectivity index (χ3n) is 3.11. The summed E-state index contributed by atoms with van der Waals surface area (Å²) >= 11 is 5.99. The molecule has 2 aromatic rings. The molecule has 1 atom stereocenters.